The lowest BCUT2D eigenvalue weighted by atomic mass is 10.3. The van der Waals surface area contributed by atoms with Gasteiger partial charge in [0.15, 0.2) is 4.77 Å². The molecule has 1 heterocycles. The molecule has 0 saturated heterocycles. The van der Waals surface area contributed by atoms with Crippen molar-refractivity contribution < 1.29 is 9.53 Å². The monoisotopic (exact) mass is 376 g/mol. The topological polar surface area (TPSA) is 47.0 Å². The van der Waals surface area contributed by atoms with Crippen LogP contribution in [0.3, 0.4) is 0 Å². The Morgan fingerprint density at radius 3 is 3.00 bits per heavy atom. The summed E-state index contributed by atoms with van der Waals surface area (Å²) >= 11 is 7.51. The third-order valence-corrected chi connectivity index (χ3v) is 3.66. The van der Waals surface area contributed by atoms with E-state index in [0.29, 0.717) is 11.4 Å². The maximum Gasteiger partial charge on any atom is 0.328 e. The number of carbonyl (C=O) groups is 1. The molecule has 0 saturated carbocycles. The molecule has 1 unspecified atom stereocenters. The number of aromatic nitrogens is 2. The van der Waals surface area contributed by atoms with Crippen LogP contribution in [-0.4, -0.2) is 22.1 Å². The van der Waals surface area contributed by atoms with E-state index in [4.69, 9.17) is 17.0 Å². The van der Waals surface area contributed by atoms with Gasteiger partial charge in [-0.3, -0.25) is 0 Å². The summed E-state index contributed by atoms with van der Waals surface area (Å²) in [5.41, 5.74) is 1.85. The molecule has 2 rings (SSSR count). The van der Waals surface area contributed by atoms with Crippen LogP contribution in [-0.2, 0) is 9.53 Å². The number of ether oxygens (including phenoxy) is 1. The van der Waals surface area contributed by atoms with Crippen LogP contribution < -0.4 is 0 Å². The predicted octanol–water partition coefficient (Wildman–Crippen LogP) is 3.43. The van der Waals surface area contributed by atoms with E-state index >= 15 is 0 Å². The van der Waals surface area contributed by atoms with Crippen molar-refractivity contribution in [2.75, 3.05) is 6.61 Å². The number of benzene rings is 1. The molecule has 6 heteroatoms. The number of nitrogens with one attached hydrogen (secondary N) is 1. The van der Waals surface area contributed by atoms with Crippen molar-refractivity contribution >= 4 is 51.8 Å². The number of hydrogen-bond acceptors (Lipinski definition) is 3. The van der Waals surface area contributed by atoms with E-state index in [-0.39, 0.29) is 5.97 Å². The highest BCUT2D eigenvalue weighted by Gasteiger charge is 2.19. The highest BCUT2D eigenvalue weighted by molar-refractivity contribution is 14.1. The second-order valence-electron chi connectivity index (χ2n) is 3.89. The van der Waals surface area contributed by atoms with Gasteiger partial charge in [-0.05, 0) is 66.9 Å². The second kappa shape index (κ2) is 5.40. The number of hydrogen-bond donors (Lipinski definition) is 1. The van der Waals surface area contributed by atoms with E-state index < -0.39 is 6.04 Å². The van der Waals surface area contributed by atoms with Crippen LogP contribution >= 0.6 is 34.8 Å². The van der Waals surface area contributed by atoms with Gasteiger partial charge in [-0.15, -0.1) is 0 Å². The van der Waals surface area contributed by atoms with Gasteiger partial charge in [-0.2, -0.15) is 0 Å². The van der Waals surface area contributed by atoms with Crippen LogP contribution in [0, 0.1) is 8.34 Å². The summed E-state index contributed by atoms with van der Waals surface area (Å²) in [4.78, 5) is 14.9. The first-order valence-corrected chi connectivity index (χ1v) is 7.09. The van der Waals surface area contributed by atoms with Crippen LogP contribution in [0.2, 0.25) is 0 Å². The fourth-order valence-corrected chi connectivity index (χ4v) is 2.71. The minimum atomic E-state index is -0.425. The minimum absolute atomic E-state index is 0.270. The van der Waals surface area contributed by atoms with Crippen LogP contribution in [0.15, 0.2) is 18.2 Å². The maximum absolute atomic E-state index is 11.8. The van der Waals surface area contributed by atoms with Gasteiger partial charge in [0.25, 0.3) is 0 Å². The summed E-state index contributed by atoms with van der Waals surface area (Å²) in [6.07, 6.45) is 0. The molecular formula is C12H13IN2O2S. The fourth-order valence-electron chi connectivity index (χ4n) is 1.86. The molecule has 4 nitrogen and oxygen atoms in total. The number of H-pyrrole nitrogens is 1. The van der Waals surface area contributed by atoms with Gasteiger partial charge in [-0.1, -0.05) is 0 Å². The molecule has 0 spiro atoms. The number of nitrogens with zero attached hydrogens (tertiary/aromatic N) is 1. The Kier molecular flexibility index (Phi) is 4.06. The molecule has 0 radical (unpaired) electrons. The van der Waals surface area contributed by atoms with E-state index in [2.05, 4.69) is 27.6 Å². The lowest BCUT2D eigenvalue weighted by Gasteiger charge is -2.13. The van der Waals surface area contributed by atoms with E-state index in [1.807, 2.05) is 18.2 Å². The summed E-state index contributed by atoms with van der Waals surface area (Å²) in [6, 6.07) is 5.52. The lowest BCUT2D eigenvalue weighted by molar-refractivity contribution is -0.146. The Balaban J connectivity index is 2.54. The van der Waals surface area contributed by atoms with E-state index in [1.54, 1.807) is 18.4 Å². The number of aromatic amines is 1. The molecule has 1 aromatic heterocycles. The first kappa shape index (κ1) is 13.5. The van der Waals surface area contributed by atoms with Crippen molar-refractivity contribution in [3.63, 3.8) is 0 Å². The van der Waals surface area contributed by atoms with Crippen LogP contribution in [0.5, 0.6) is 0 Å². The molecule has 1 N–H and O–H groups in total. The average molecular weight is 376 g/mol. The number of halogens is 1. The molecular weight excluding hydrogens is 363 g/mol. The molecule has 18 heavy (non-hydrogen) atoms. The quantitative estimate of drug-likeness (QED) is 0.507. The van der Waals surface area contributed by atoms with E-state index in [0.717, 1.165) is 14.6 Å². The third kappa shape index (κ3) is 2.44. The van der Waals surface area contributed by atoms with Crippen molar-refractivity contribution in [1.82, 2.24) is 9.55 Å². The van der Waals surface area contributed by atoms with Gasteiger partial charge in [0.05, 0.1) is 17.6 Å². The van der Waals surface area contributed by atoms with Gasteiger partial charge >= 0.3 is 5.97 Å². The zero-order valence-corrected chi connectivity index (χ0v) is 13.0. The van der Waals surface area contributed by atoms with Crippen molar-refractivity contribution in [3.8, 4) is 0 Å². The molecule has 1 atom stereocenters. The standard InChI is InChI=1S/C12H13IN2O2S/c1-3-17-11(16)7(2)15-10-5-4-8(13)6-9(10)14-12(15)18/h4-7H,3H2,1-2H3,(H,14,18). The van der Waals surface area contributed by atoms with Gasteiger partial charge in [0.2, 0.25) is 0 Å². The molecule has 0 aliphatic heterocycles. The molecule has 0 amide bonds. The van der Waals surface area contributed by atoms with Crippen molar-refractivity contribution in [1.29, 1.82) is 0 Å². The summed E-state index contributed by atoms with van der Waals surface area (Å²) < 4.78 is 8.48. The minimum Gasteiger partial charge on any atom is -0.464 e. The fraction of sp³-hybridized carbons (Fsp3) is 0.333. The Morgan fingerprint density at radius 2 is 2.33 bits per heavy atom. The Labute approximate surface area is 123 Å². The first-order valence-electron chi connectivity index (χ1n) is 5.61. The second-order valence-corrected chi connectivity index (χ2v) is 5.52. The number of esters is 1. The number of imidazole rings is 1. The highest BCUT2D eigenvalue weighted by Crippen LogP contribution is 2.21. The Bertz CT molecular complexity index is 647. The maximum atomic E-state index is 11.8. The lowest BCUT2D eigenvalue weighted by Crippen LogP contribution is -2.19. The predicted molar refractivity (Wildman–Crippen MR) is 81.2 cm³/mol. The smallest absolute Gasteiger partial charge is 0.328 e. The molecule has 96 valence electrons. The van der Waals surface area contributed by atoms with Crippen molar-refractivity contribution in [2.24, 2.45) is 0 Å². The van der Waals surface area contributed by atoms with E-state index in [9.17, 15) is 4.79 Å². The van der Waals surface area contributed by atoms with Crippen molar-refractivity contribution in [3.05, 3.63) is 26.5 Å². The molecule has 1 aromatic carbocycles. The molecule has 0 aliphatic rings. The largest absolute Gasteiger partial charge is 0.464 e. The summed E-state index contributed by atoms with van der Waals surface area (Å²) in [5, 5.41) is 0. The Morgan fingerprint density at radius 1 is 1.61 bits per heavy atom. The van der Waals surface area contributed by atoms with Gasteiger partial charge in [0, 0.05) is 3.57 Å². The SMILES string of the molecule is CCOC(=O)C(C)n1c(=S)[nH]c2cc(I)ccc21. The Hall–Kier alpha value is -0.890. The zero-order valence-electron chi connectivity index (χ0n) is 10.1. The van der Waals surface area contributed by atoms with Crippen LogP contribution in [0.1, 0.15) is 19.9 Å². The van der Waals surface area contributed by atoms with Crippen LogP contribution in [0.25, 0.3) is 11.0 Å². The molecule has 0 fully saturated rings. The summed E-state index contributed by atoms with van der Waals surface area (Å²) in [6.45, 7) is 3.96. The number of fused-ring (bicyclic) bond motifs is 1. The number of carbonyl (C=O) groups excluding carboxylic acids is 1. The zero-order chi connectivity index (χ0) is 13.3. The summed E-state index contributed by atoms with van der Waals surface area (Å²) in [7, 11) is 0. The van der Waals surface area contributed by atoms with Crippen LogP contribution in [0.4, 0.5) is 0 Å². The normalized spacial score (nSPS) is 12.6. The van der Waals surface area contributed by atoms with Crippen molar-refractivity contribution in [2.45, 2.75) is 19.9 Å². The summed E-state index contributed by atoms with van der Waals surface area (Å²) in [5.74, 6) is -0.270. The molecule has 2 aromatic rings. The third-order valence-electron chi connectivity index (χ3n) is 2.69. The van der Waals surface area contributed by atoms with Gasteiger partial charge in [0.1, 0.15) is 6.04 Å². The highest BCUT2D eigenvalue weighted by atomic mass is 127. The number of rotatable bonds is 3. The average Bonchev–Trinajstić information content (AvgIpc) is 2.63. The van der Waals surface area contributed by atoms with Gasteiger partial charge < -0.3 is 14.3 Å². The van der Waals surface area contributed by atoms with E-state index in [1.165, 1.54) is 0 Å². The molecule has 0 aliphatic carbocycles. The first-order chi connectivity index (χ1) is 8.54. The molecule has 0 bridgehead atoms. The van der Waals surface area contributed by atoms with Gasteiger partial charge in [-0.25, -0.2) is 4.79 Å².